The minimum Gasteiger partial charge on any atom is -0.395 e. The minimum absolute atomic E-state index is 0.0419. The Hall–Kier alpha value is -0.980. The summed E-state index contributed by atoms with van der Waals surface area (Å²) in [6.07, 6.45) is 8.09. The van der Waals surface area contributed by atoms with Gasteiger partial charge in [0.05, 0.1) is 12.2 Å². The number of hydrogen-bond donors (Lipinski definition) is 0. The van der Waals surface area contributed by atoms with Crippen LogP contribution >= 0.6 is 0 Å². The number of esters is 1. The van der Waals surface area contributed by atoms with E-state index in [-0.39, 0.29) is 31.0 Å². The van der Waals surface area contributed by atoms with Gasteiger partial charge in [0.2, 0.25) is 5.79 Å². The van der Waals surface area contributed by atoms with Crippen molar-refractivity contribution in [2.75, 3.05) is 0 Å². The molecule has 6 heteroatoms. The Kier molecular flexibility index (Phi) is 6.12. The Balaban J connectivity index is 1.66. The van der Waals surface area contributed by atoms with Gasteiger partial charge in [-0.1, -0.05) is 0 Å². The summed E-state index contributed by atoms with van der Waals surface area (Å²) in [5.41, 5.74) is 0. The van der Waals surface area contributed by atoms with Crippen molar-refractivity contribution in [3.05, 3.63) is 0 Å². The van der Waals surface area contributed by atoms with Crippen LogP contribution in [0.5, 0.6) is 0 Å². The molecule has 0 aromatic carbocycles. The molecular weight excluding hydrogens is 324 g/mol. The van der Waals surface area contributed by atoms with Crippen LogP contribution in [0.2, 0.25) is 0 Å². The molecule has 0 aromatic rings. The van der Waals surface area contributed by atoms with Crippen molar-refractivity contribution in [1.82, 2.24) is 0 Å². The van der Waals surface area contributed by atoms with Gasteiger partial charge in [0.1, 0.15) is 0 Å². The zero-order chi connectivity index (χ0) is 17.9. The highest BCUT2D eigenvalue weighted by Gasteiger charge is 2.44. The fourth-order valence-corrected chi connectivity index (χ4v) is 4.84. The average Bonchev–Trinajstić information content (AvgIpc) is 2.54. The molecule has 4 fully saturated rings. The van der Waals surface area contributed by atoms with Crippen LogP contribution in [-0.4, -0.2) is 30.4 Å². The summed E-state index contributed by atoms with van der Waals surface area (Å²) in [6, 6.07) is 0. The molecule has 25 heavy (non-hydrogen) atoms. The van der Waals surface area contributed by atoms with Crippen molar-refractivity contribution < 1.29 is 28.8 Å². The fraction of sp³-hybridized carbons (Fsp3) is 0.895. The number of carbonyl (C=O) groups is 2. The second kappa shape index (κ2) is 8.14. The molecule has 2 saturated heterocycles. The van der Waals surface area contributed by atoms with Gasteiger partial charge in [-0.05, 0) is 70.1 Å². The predicted octanol–water partition coefficient (Wildman–Crippen LogP) is 3.52. The molecule has 0 aromatic heterocycles. The summed E-state index contributed by atoms with van der Waals surface area (Å²) in [5, 5.41) is 0. The first-order valence-electron chi connectivity index (χ1n) is 9.63. The highest BCUT2D eigenvalue weighted by Crippen LogP contribution is 2.44. The van der Waals surface area contributed by atoms with Crippen LogP contribution in [0.4, 0.5) is 0 Å². The number of rotatable bonds is 3. The smallest absolute Gasteiger partial charge is 0.313 e. The van der Waals surface area contributed by atoms with Crippen molar-refractivity contribution in [1.29, 1.82) is 0 Å². The molecular formula is C19H30O6. The van der Waals surface area contributed by atoms with E-state index >= 15 is 0 Å². The first-order valence-corrected chi connectivity index (χ1v) is 9.63. The van der Waals surface area contributed by atoms with Crippen molar-refractivity contribution in [3.63, 3.8) is 0 Å². The normalized spacial score (nSPS) is 42.1. The van der Waals surface area contributed by atoms with Crippen LogP contribution < -0.4 is 0 Å². The first-order chi connectivity index (χ1) is 12.0. The van der Waals surface area contributed by atoms with Crippen LogP contribution in [0, 0.1) is 17.8 Å². The third kappa shape index (κ3) is 5.02. The quantitative estimate of drug-likeness (QED) is 0.334. The molecule has 4 atom stereocenters. The molecule has 142 valence electrons. The summed E-state index contributed by atoms with van der Waals surface area (Å²) < 4.78 is 10.8. The van der Waals surface area contributed by atoms with Crippen LogP contribution in [0.3, 0.4) is 0 Å². The molecule has 0 amide bonds. The second-order valence-electron chi connectivity index (χ2n) is 8.26. The molecule has 1 spiro atoms. The number of fused-ring (bicyclic) bond motifs is 5. The highest BCUT2D eigenvalue weighted by molar-refractivity contribution is 5.76. The topological polar surface area (TPSA) is 71.1 Å². The van der Waals surface area contributed by atoms with Crippen LogP contribution in [0.1, 0.15) is 71.6 Å². The first kappa shape index (κ1) is 18.8. The van der Waals surface area contributed by atoms with Crippen molar-refractivity contribution >= 4 is 12.4 Å². The maximum atomic E-state index is 11.6. The summed E-state index contributed by atoms with van der Waals surface area (Å²) in [4.78, 5) is 33.6. The van der Waals surface area contributed by atoms with E-state index in [0.717, 1.165) is 43.9 Å². The summed E-state index contributed by atoms with van der Waals surface area (Å²) in [7, 11) is 0. The van der Waals surface area contributed by atoms with Crippen LogP contribution in [0.25, 0.3) is 0 Å². The van der Waals surface area contributed by atoms with Gasteiger partial charge in [0, 0.05) is 19.3 Å². The van der Waals surface area contributed by atoms with Crippen molar-refractivity contribution in [3.8, 4) is 0 Å². The fourth-order valence-electron chi connectivity index (χ4n) is 4.84. The van der Waals surface area contributed by atoms with Crippen LogP contribution in [0.15, 0.2) is 0 Å². The van der Waals surface area contributed by atoms with Gasteiger partial charge in [-0.25, -0.2) is 9.78 Å². The lowest BCUT2D eigenvalue weighted by Crippen LogP contribution is -2.44. The van der Waals surface area contributed by atoms with Gasteiger partial charge in [-0.3, -0.25) is 9.59 Å². The minimum atomic E-state index is -0.799. The summed E-state index contributed by atoms with van der Waals surface area (Å²) in [5.74, 6) is 0.265. The van der Waals surface area contributed by atoms with E-state index < -0.39 is 11.8 Å². The largest absolute Gasteiger partial charge is 0.395 e. The molecule has 0 N–H and O–H groups in total. The standard InChI is InChI=1S/C19H30O6/c1-13-6-16-8-17(9-16)7-14(2)24-25-19(23-13)5-3-4-15(11-19)10-18(21)22-12-20/h12-17H,3-11H2,1-2H3/t13?,14-,15+,16?,17?,19-/m1/s1. The molecule has 0 radical (unpaired) electrons. The van der Waals surface area contributed by atoms with E-state index in [1.165, 1.54) is 12.8 Å². The maximum absolute atomic E-state index is 11.6. The Morgan fingerprint density at radius 3 is 2.60 bits per heavy atom. The van der Waals surface area contributed by atoms with Gasteiger partial charge >= 0.3 is 12.4 Å². The van der Waals surface area contributed by atoms with E-state index in [4.69, 9.17) is 14.5 Å². The monoisotopic (exact) mass is 354 g/mol. The number of carbonyl (C=O) groups excluding carboxylic acids is 2. The van der Waals surface area contributed by atoms with Gasteiger partial charge in [0.25, 0.3) is 0 Å². The zero-order valence-electron chi connectivity index (χ0n) is 15.3. The summed E-state index contributed by atoms with van der Waals surface area (Å²) in [6.45, 7) is 4.34. The average molecular weight is 354 g/mol. The lowest BCUT2D eigenvalue weighted by molar-refractivity contribution is -0.458. The lowest BCUT2D eigenvalue weighted by Gasteiger charge is -2.41. The Labute approximate surface area is 149 Å². The van der Waals surface area contributed by atoms with Crippen molar-refractivity contribution in [2.24, 2.45) is 17.8 Å². The molecule has 1 unspecified atom stereocenters. The molecule has 4 rings (SSSR count). The second-order valence-corrected chi connectivity index (χ2v) is 8.26. The van der Waals surface area contributed by atoms with Crippen molar-refractivity contribution in [2.45, 2.75) is 89.6 Å². The van der Waals surface area contributed by atoms with E-state index in [1.54, 1.807) is 0 Å². The number of hydrogen-bond acceptors (Lipinski definition) is 6. The van der Waals surface area contributed by atoms with E-state index in [1.807, 2.05) is 6.92 Å². The molecule has 2 aliphatic heterocycles. The maximum Gasteiger partial charge on any atom is 0.313 e. The Morgan fingerprint density at radius 2 is 1.88 bits per heavy atom. The van der Waals surface area contributed by atoms with E-state index in [0.29, 0.717) is 6.42 Å². The lowest BCUT2D eigenvalue weighted by atomic mass is 9.70. The molecule has 2 aliphatic carbocycles. The molecule has 4 aliphatic rings. The zero-order valence-corrected chi connectivity index (χ0v) is 15.3. The number of ether oxygens (including phenoxy) is 2. The van der Waals surface area contributed by atoms with Gasteiger partial charge in [0.15, 0.2) is 0 Å². The van der Waals surface area contributed by atoms with E-state index in [2.05, 4.69) is 11.7 Å². The van der Waals surface area contributed by atoms with Gasteiger partial charge in [-0.2, -0.15) is 0 Å². The van der Waals surface area contributed by atoms with Gasteiger partial charge < -0.3 is 9.47 Å². The molecule has 2 saturated carbocycles. The van der Waals surface area contributed by atoms with E-state index in [9.17, 15) is 9.59 Å². The Morgan fingerprint density at radius 1 is 1.16 bits per heavy atom. The molecule has 6 nitrogen and oxygen atoms in total. The predicted molar refractivity (Wildman–Crippen MR) is 89.1 cm³/mol. The molecule has 2 heterocycles. The third-order valence-corrected chi connectivity index (χ3v) is 5.85. The van der Waals surface area contributed by atoms with Gasteiger partial charge in [-0.15, -0.1) is 0 Å². The summed E-state index contributed by atoms with van der Waals surface area (Å²) >= 11 is 0. The SMILES string of the molecule is CC1CC2CC(C2)C[C@@H](C)OO[C@@]2(CCC[C@@H](CC(=O)OC=O)C2)O1. The Bertz CT molecular complexity index is 475. The molecule has 2 bridgehead atoms. The highest BCUT2D eigenvalue weighted by atomic mass is 17.2. The van der Waals surface area contributed by atoms with Crippen LogP contribution in [-0.2, 0) is 28.8 Å². The third-order valence-electron chi connectivity index (χ3n) is 5.85.